The number of rotatable bonds is 6. The van der Waals surface area contributed by atoms with Crippen LogP contribution in [-0.4, -0.2) is 39.1 Å². The molecule has 1 aromatic heterocycles. The average Bonchev–Trinajstić information content (AvgIpc) is 3.05. The van der Waals surface area contributed by atoms with E-state index < -0.39 is 17.5 Å². The number of aryl methyl sites for hydroxylation is 2. The van der Waals surface area contributed by atoms with Crippen molar-refractivity contribution in [2.24, 2.45) is 17.6 Å². The van der Waals surface area contributed by atoms with Gasteiger partial charge in [0.1, 0.15) is 5.54 Å². The Labute approximate surface area is 208 Å². The molecule has 0 bridgehead atoms. The molecule has 4 N–H and O–H groups in total. The van der Waals surface area contributed by atoms with E-state index in [1.54, 1.807) is 6.92 Å². The van der Waals surface area contributed by atoms with Gasteiger partial charge < -0.3 is 21.1 Å². The maximum atomic E-state index is 13.4. The van der Waals surface area contributed by atoms with Crippen LogP contribution >= 0.6 is 12.4 Å². The summed E-state index contributed by atoms with van der Waals surface area (Å²) in [4.78, 5) is 31.8. The van der Waals surface area contributed by atoms with Gasteiger partial charge in [-0.3, -0.25) is 4.98 Å². The molecule has 1 saturated heterocycles. The number of hydrogen-bond acceptors (Lipinski definition) is 4. The third kappa shape index (κ3) is 5.05. The first kappa shape index (κ1) is 27.6. The highest BCUT2D eigenvalue weighted by molar-refractivity contribution is 5.99. The fourth-order valence-corrected chi connectivity index (χ4v) is 4.68. The fraction of sp³-hybridized carbons (Fsp3) is 0.500. The number of carbonyl (C=O) groups is 2. The molecule has 8 heteroatoms. The highest BCUT2D eigenvalue weighted by Crippen LogP contribution is 2.39. The fourth-order valence-electron chi connectivity index (χ4n) is 4.68. The van der Waals surface area contributed by atoms with Crippen molar-refractivity contribution in [3.05, 3.63) is 46.8 Å². The molecule has 34 heavy (non-hydrogen) atoms. The van der Waals surface area contributed by atoms with Crippen LogP contribution in [0.5, 0.6) is 0 Å². The number of nitrogens with one attached hydrogen (secondary N) is 1. The standard InChI is InChI=1S/C26H36N4O3.ClH/c1-15(2)13-21-20(14-27)22(19-9-7-16(3)8-10-19)23(18(5)28-21)29-25(33)30-12-11-17(4)26(30,6)24(31)32;/h7-10,15,17H,11-14,27H2,1-6H3,(H,29,33)(H,31,32);1H. The summed E-state index contributed by atoms with van der Waals surface area (Å²) in [6, 6.07) is 7.68. The lowest BCUT2D eigenvalue weighted by Crippen LogP contribution is -2.55. The topological polar surface area (TPSA) is 109 Å². The number of likely N-dealkylation sites (tertiary alicyclic amines) is 1. The van der Waals surface area contributed by atoms with E-state index in [4.69, 9.17) is 10.7 Å². The molecule has 1 aliphatic heterocycles. The SMILES string of the molecule is Cc1ccc(-c2c(CN)c(CC(C)C)nc(C)c2NC(=O)N2CCC(C)C2(C)C(=O)O)cc1.Cl. The summed E-state index contributed by atoms with van der Waals surface area (Å²) in [6.45, 7) is 12.3. The number of nitrogens with two attached hydrogens (primary N) is 1. The predicted molar refractivity (Wildman–Crippen MR) is 138 cm³/mol. The van der Waals surface area contributed by atoms with E-state index in [9.17, 15) is 14.7 Å². The number of hydrogen-bond donors (Lipinski definition) is 3. The molecule has 1 fully saturated rings. The first-order valence-corrected chi connectivity index (χ1v) is 11.6. The number of nitrogens with zero attached hydrogens (tertiary/aromatic N) is 2. The summed E-state index contributed by atoms with van der Waals surface area (Å²) in [7, 11) is 0. The Morgan fingerprint density at radius 3 is 2.41 bits per heavy atom. The van der Waals surface area contributed by atoms with Crippen LogP contribution in [0.15, 0.2) is 24.3 Å². The van der Waals surface area contributed by atoms with Gasteiger partial charge in [0.25, 0.3) is 0 Å². The number of amides is 2. The monoisotopic (exact) mass is 488 g/mol. The van der Waals surface area contributed by atoms with E-state index in [2.05, 4.69) is 19.2 Å². The Balaban J connectivity index is 0.00000408. The molecule has 1 aliphatic rings. The lowest BCUT2D eigenvalue weighted by atomic mass is 9.88. The molecule has 3 rings (SSSR count). The minimum atomic E-state index is -1.26. The quantitative estimate of drug-likeness (QED) is 0.520. The van der Waals surface area contributed by atoms with Gasteiger partial charge in [-0.15, -0.1) is 12.4 Å². The highest BCUT2D eigenvalue weighted by atomic mass is 35.5. The van der Waals surface area contributed by atoms with Gasteiger partial charge in [-0.2, -0.15) is 0 Å². The van der Waals surface area contributed by atoms with Gasteiger partial charge in [-0.05, 0) is 56.6 Å². The summed E-state index contributed by atoms with van der Waals surface area (Å²) in [5.74, 6) is -0.744. The van der Waals surface area contributed by atoms with E-state index in [1.807, 2.05) is 45.0 Å². The summed E-state index contributed by atoms with van der Waals surface area (Å²) < 4.78 is 0. The second kappa shape index (κ2) is 10.7. The molecule has 1 aromatic carbocycles. The third-order valence-electron chi connectivity index (χ3n) is 6.93. The van der Waals surface area contributed by atoms with Gasteiger partial charge in [0.15, 0.2) is 0 Å². The summed E-state index contributed by atoms with van der Waals surface area (Å²) in [6.07, 6.45) is 1.42. The van der Waals surface area contributed by atoms with Gasteiger partial charge in [0.2, 0.25) is 0 Å². The van der Waals surface area contributed by atoms with E-state index in [0.29, 0.717) is 30.3 Å². The second-order valence-corrected chi connectivity index (χ2v) is 9.76. The zero-order chi connectivity index (χ0) is 24.5. The first-order chi connectivity index (χ1) is 15.5. The van der Waals surface area contributed by atoms with Gasteiger partial charge >= 0.3 is 12.0 Å². The van der Waals surface area contributed by atoms with E-state index in [1.165, 1.54) is 4.90 Å². The number of benzene rings is 1. The zero-order valence-corrected chi connectivity index (χ0v) is 21.8. The number of aliphatic carboxylic acids is 1. The largest absolute Gasteiger partial charge is 0.479 e. The molecular weight excluding hydrogens is 452 g/mol. The van der Waals surface area contributed by atoms with Crippen molar-refractivity contribution in [2.45, 2.75) is 66.5 Å². The number of carboxylic acid groups (broad SMARTS) is 1. The van der Waals surface area contributed by atoms with Crippen molar-refractivity contribution >= 4 is 30.1 Å². The molecular formula is C26H37ClN4O3. The molecule has 0 saturated carbocycles. The van der Waals surface area contributed by atoms with Crippen LogP contribution in [0.25, 0.3) is 11.1 Å². The summed E-state index contributed by atoms with van der Waals surface area (Å²) in [5.41, 5.74) is 11.0. The molecule has 0 radical (unpaired) electrons. The Morgan fingerprint density at radius 2 is 1.88 bits per heavy atom. The molecule has 0 spiro atoms. The number of anilines is 1. The van der Waals surface area contributed by atoms with Crippen LogP contribution in [0.3, 0.4) is 0 Å². The van der Waals surface area contributed by atoms with E-state index in [0.717, 1.165) is 34.4 Å². The maximum Gasteiger partial charge on any atom is 0.329 e. The van der Waals surface area contributed by atoms with E-state index in [-0.39, 0.29) is 24.9 Å². The lowest BCUT2D eigenvalue weighted by molar-refractivity contribution is -0.148. The van der Waals surface area contributed by atoms with Gasteiger partial charge in [-0.1, -0.05) is 50.6 Å². The van der Waals surface area contributed by atoms with Gasteiger partial charge in [0.05, 0.1) is 11.4 Å². The maximum absolute atomic E-state index is 13.4. The predicted octanol–water partition coefficient (Wildman–Crippen LogP) is 5.16. The Morgan fingerprint density at radius 1 is 1.26 bits per heavy atom. The van der Waals surface area contributed by atoms with Crippen LogP contribution in [0.1, 0.15) is 56.6 Å². The van der Waals surface area contributed by atoms with Crippen LogP contribution in [0, 0.1) is 25.7 Å². The molecule has 2 atom stereocenters. The zero-order valence-electron chi connectivity index (χ0n) is 20.9. The molecule has 2 heterocycles. The number of halogens is 1. The summed E-state index contributed by atoms with van der Waals surface area (Å²) in [5, 5.41) is 12.9. The Hall–Kier alpha value is -2.64. The Kier molecular flexibility index (Phi) is 8.72. The van der Waals surface area contributed by atoms with Crippen molar-refractivity contribution in [1.82, 2.24) is 9.88 Å². The van der Waals surface area contributed by atoms with Crippen LogP contribution in [-0.2, 0) is 17.8 Å². The molecule has 0 aliphatic carbocycles. The average molecular weight is 489 g/mol. The molecule has 2 aromatic rings. The number of pyridine rings is 1. The van der Waals surface area contributed by atoms with Crippen molar-refractivity contribution in [2.75, 3.05) is 11.9 Å². The minimum absolute atomic E-state index is 0. The number of urea groups is 1. The highest BCUT2D eigenvalue weighted by Gasteiger charge is 2.51. The van der Waals surface area contributed by atoms with Crippen LogP contribution in [0.2, 0.25) is 0 Å². The van der Waals surface area contributed by atoms with Crippen molar-refractivity contribution in [1.29, 1.82) is 0 Å². The van der Waals surface area contributed by atoms with Crippen LogP contribution in [0.4, 0.5) is 10.5 Å². The second-order valence-electron chi connectivity index (χ2n) is 9.76. The number of carbonyl (C=O) groups excluding carboxylic acids is 1. The molecule has 2 amide bonds. The number of carboxylic acids is 1. The van der Waals surface area contributed by atoms with Gasteiger partial charge in [-0.25, -0.2) is 9.59 Å². The van der Waals surface area contributed by atoms with Gasteiger partial charge in [0, 0.05) is 24.3 Å². The molecule has 7 nitrogen and oxygen atoms in total. The number of aromatic nitrogens is 1. The van der Waals surface area contributed by atoms with Crippen molar-refractivity contribution in [3.63, 3.8) is 0 Å². The molecule has 186 valence electrons. The Bertz CT molecular complexity index is 1060. The molecule has 2 unspecified atom stereocenters. The van der Waals surface area contributed by atoms with Crippen molar-refractivity contribution in [3.8, 4) is 11.1 Å². The smallest absolute Gasteiger partial charge is 0.329 e. The third-order valence-corrected chi connectivity index (χ3v) is 6.93. The normalized spacial score (nSPS) is 19.8. The van der Waals surface area contributed by atoms with Crippen LogP contribution < -0.4 is 11.1 Å². The lowest BCUT2D eigenvalue weighted by Gasteiger charge is -2.34. The summed E-state index contributed by atoms with van der Waals surface area (Å²) >= 11 is 0. The van der Waals surface area contributed by atoms with Crippen molar-refractivity contribution < 1.29 is 14.7 Å². The minimum Gasteiger partial charge on any atom is -0.479 e. The van der Waals surface area contributed by atoms with E-state index >= 15 is 0 Å². The first-order valence-electron chi connectivity index (χ1n) is 11.6.